The number of rotatable bonds is 5. The van der Waals surface area contributed by atoms with Gasteiger partial charge in [0, 0.05) is 32.7 Å². The Bertz CT molecular complexity index is 527. The lowest BCUT2D eigenvalue weighted by molar-refractivity contribution is -0.126. The van der Waals surface area contributed by atoms with Gasteiger partial charge in [0.15, 0.2) is 0 Å². The molecule has 1 unspecified atom stereocenters. The summed E-state index contributed by atoms with van der Waals surface area (Å²) in [6, 6.07) is 7.98. The minimum absolute atomic E-state index is 0.0615. The molecule has 1 atom stereocenters. The largest absolute Gasteiger partial charge is 0.492 e. The number of para-hydroxylation sites is 1. The monoisotopic (exact) mass is 317 g/mol. The SMILES string of the molecule is CN1CCN(CCCNC(=O)C2COc3ccccc3C2)CC1. The predicted molar refractivity (Wildman–Crippen MR) is 90.7 cm³/mol. The minimum atomic E-state index is -0.0615. The summed E-state index contributed by atoms with van der Waals surface area (Å²) in [6.45, 7) is 6.87. The van der Waals surface area contributed by atoms with Gasteiger partial charge in [-0.15, -0.1) is 0 Å². The van der Waals surface area contributed by atoms with Crippen LogP contribution in [0.1, 0.15) is 12.0 Å². The molecule has 5 nitrogen and oxygen atoms in total. The molecule has 2 heterocycles. The molecule has 0 radical (unpaired) electrons. The van der Waals surface area contributed by atoms with Crippen molar-refractivity contribution in [2.45, 2.75) is 12.8 Å². The Morgan fingerprint density at radius 3 is 2.87 bits per heavy atom. The Hall–Kier alpha value is -1.59. The number of carbonyl (C=O) groups is 1. The number of carbonyl (C=O) groups excluding carboxylic acids is 1. The summed E-state index contributed by atoms with van der Waals surface area (Å²) in [6.07, 6.45) is 1.79. The summed E-state index contributed by atoms with van der Waals surface area (Å²) < 4.78 is 5.70. The average molecular weight is 317 g/mol. The quantitative estimate of drug-likeness (QED) is 0.823. The Kier molecular flexibility index (Phi) is 5.51. The number of amides is 1. The van der Waals surface area contributed by atoms with Gasteiger partial charge in [-0.3, -0.25) is 4.79 Å². The fourth-order valence-corrected chi connectivity index (χ4v) is 3.23. The Morgan fingerprint density at radius 2 is 2.04 bits per heavy atom. The summed E-state index contributed by atoms with van der Waals surface area (Å²) in [5, 5.41) is 3.08. The lowest BCUT2D eigenvalue weighted by Gasteiger charge is -2.32. The smallest absolute Gasteiger partial charge is 0.226 e. The van der Waals surface area contributed by atoms with Gasteiger partial charge in [-0.1, -0.05) is 18.2 Å². The van der Waals surface area contributed by atoms with Crippen molar-refractivity contribution in [3.05, 3.63) is 29.8 Å². The molecule has 2 aliphatic heterocycles. The third-order valence-corrected chi connectivity index (χ3v) is 4.80. The van der Waals surface area contributed by atoms with Crippen molar-refractivity contribution >= 4 is 5.91 Å². The maximum absolute atomic E-state index is 12.3. The van der Waals surface area contributed by atoms with E-state index in [2.05, 4.69) is 22.2 Å². The molecule has 23 heavy (non-hydrogen) atoms. The number of ether oxygens (including phenoxy) is 1. The summed E-state index contributed by atoms with van der Waals surface area (Å²) in [5.74, 6) is 0.984. The van der Waals surface area contributed by atoms with Gasteiger partial charge in [-0.2, -0.15) is 0 Å². The molecule has 0 saturated carbocycles. The van der Waals surface area contributed by atoms with E-state index < -0.39 is 0 Å². The summed E-state index contributed by atoms with van der Waals surface area (Å²) in [5.41, 5.74) is 1.14. The van der Waals surface area contributed by atoms with Crippen LogP contribution in [0.5, 0.6) is 5.75 Å². The number of fused-ring (bicyclic) bond motifs is 1. The highest BCUT2D eigenvalue weighted by atomic mass is 16.5. The van der Waals surface area contributed by atoms with Crippen molar-refractivity contribution < 1.29 is 9.53 Å². The molecule has 1 aromatic carbocycles. The zero-order valence-electron chi connectivity index (χ0n) is 14.0. The first-order valence-corrected chi connectivity index (χ1v) is 8.61. The standard InChI is InChI=1S/C18H27N3O2/c1-20-9-11-21(12-10-20)8-4-7-19-18(22)16-13-15-5-2-3-6-17(15)23-14-16/h2-3,5-6,16H,4,7-14H2,1H3,(H,19,22). The molecule has 0 spiro atoms. The van der Waals surface area contributed by atoms with Gasteiger partial charge in [-0.25, -0.2) is 0 Å². The van der Waals surface area contributed by atoms with E-state index in [9.17, 15) is 4.79 Å². The molecule has 5 heteroatoms. The van der Waals surface area contributed by atoms with Gasteiger partial charge in [0.1, 0.15) is 12.4 Å². The Balaban J connectivity index is 1.35. The van der Waals surface area contributed by atoms with E-state index in [1.54, 1.807) is 0 Å². The first-order chi connectivity index (χ1) is 11.2. The summed E-state index contributed by atoms with van der Waals surface area (Å²) in [4.78, 5) is 17.1. The second kappa shape index (κ2) is 7.79. The molecule has 2 aliphatic rings. The second-order valence-corrected chi connectivity index (χ2v) is 6.61. The van der Waals surface area contributed by atoms with Crippen LogP contribution in [0.3, 0.4) is 0 Å². The van der Waals surface area contributed by atoms with Crippen molar-refractivity contribution in [1.82, 2.24) is 15.1 Å². The molecule has 1 amide bonds. The highest BCUT2D eigenvalue weighted by molar-refractivity contribution is 5.79. The molecule has 1 aromatic rings. The number of nitrogens with zero attached hydrogens (tertiary/aromatic N) is 2. The molecule has 0 aliphatic carbocycles. The topological polar surface area (TPSA) is 44.8 Å². The van der Waals surface area contributed by atoms with Gasteiger partial charge in [0.25, 0.3) is 0 Å². The molecule has 0 aromatic heterocycles. The zero-order chi connectivity index (χ0) is 16.1. The van der Waals surface area contributed by atoms with Gasteiger partial charge < -0.3 is 19.9 Å². The van der Waals surface area contributed by atoms with E-state index in [1.807, 2.05) is 24.3 Å². The molecule has 0 bridgehead atoms. The van der Waals surface area contributed by atoms with Crippen LogP contribution in [-0.2, 0) is 11.2 Å². The molecular weight excluding hydrogens is 290 g/mol. The van der Waals surface area contributed by atoms with Gasteiger partial charge in [-0.05, 0) is 38.1 Å². The number of nitrogens with one attached hydrogen (secondary N) is 1. The molecule has 1 fully saturated rings. The van der Waals surface area contributed by atoms with Crippen molar-refractivity contribution in [2.75, 3.05) is 52.9 Å². The molecular formula is C18H27N3O2. The maximum atomic E-state index is 12.3. The van der Waals surface area contributed by atoms with Crippen molar-refractivity contribution in [3.8, 4) is 5.75 Å². The molecule has 126 valence electrons. The van der Waals surface area contributed by atoms with E-state index in [0.717, 1.165) is 63.4 Å². The molecule has 3 rings (SSSR count). The van der Waals surface area contributed by atoms with Crippen LogP contribution < -0.4 is 10.1 Å². The fraction of sp³-hybridized carbons (Fsp3) is 0.611. The van der Waals surface area contributed by atoms with Crippen LogP contribution in [0.4, 0.5) is 0 Å². The van der Waals surface area contributed by atoms with Crippen LogP contribution in [-0.4, -0.2) is 68.6 Å². The van der Waals surface area contributed by atoms with E-state index in [4.69, 9.17) is 4.74 Å². The van der Waals surface area contributed by atoms with Crippen molar-refractivity contribution in [3.63, 3.8) is 0 Å². The van der Waals surface area contributed by atoms with Crippen LogP contribution in [0.15, 0.2) is 24.3 Å². The van der Waals surface area contributed by atoms with Gasteiger partial charge in [0.2, 0.25) is 5.91 Å². The maximum Gasteiger partial charge on any atom is 0.226 e. The van der Waals surface area contributed by atoms with Crippen molar-refractivity contribution in [2.24, 2.45) is 5.92 Å². The zero-order valence-corrected chi connectivity index (χ0v) is 14.0. The Labute approximate surface area is 138 Å². The molecule has 1 N–H and O–H groups in total. The highest BCUT2D eigenvalue weighted by Crippen LogP contribution is 2.26. The first kappa shape index (κ1) is 16.3. The average Bonchev–Trinajstić information content (AvgIpc) is 2.59. The minimum Gasteiger partial charge on any atom is -0.492 e. The summed E-state index contributed by atoms with van der Waals surface area (Å²) >= 11 is 0. The van der Waals surface area contributed by atoms with Crippen LogP contribution in [0.25, 0.3) is 0 Å². The first-order valence-electron chi connectivity index (χ1n) is 8.61. The van der Waals surface area contributed by atoms with Crippen molar-refractivity contribution in [1.29, 1.82) is 0 Å². The fourth-order valence-electron chi connectivity index (χ4n) is 3.23. The van der Waals surface area contributed by atoms with E-state index in [-0.39, 0.29) is 11.8 Å². The number of piperazine rings is 1. The van der Waals surface area contributed by atoms with Gasteiger partial charge in [0.05, 0.1) is 5.92 Å². The normalized spacial score (nSPS) is 22.2. The lowest BCUT2D eigenvalue weighted by Crippen LogP contribution is -2.45. The van der Waals surface area contributed by atoms with Crippen LogP contribution >= 0.6 is 0 Å². The third kappa shape index (κ3) is 4.45. The van der Waals surface area contributed by atoms with E-state index >= 15 is 0 Å². The highest BCUT2D eigenvalue weighted by Gasteiger charge is 2.25. The van der Waals surface area contributed by atoms with Crippen LogP contribution in [0.2, 0.25) is 0 Å². The molecule has 1 saturated heterocycles. The van der Waals surface area contributed by atoms with E-state index in [0.29, 0.717) is 6.61 Å². The number of benzene rings is 1. The number of hydrogen-bond acceptors (Lipinski definition) is 4. The predicted octanol–water partition coefficient (Wildman–Crippen LogP) is 0.991. The number of hydrogen-bond donors (Lipinski definition) is 1. The van der Waals surface area contributed by atoms with Gasteiger partial charge >= 0.3 is 0 Å². The van der Waals surface area contributed by atoms with E-state index in [1.165, 1.54) is 0 Å². The Morgan fingerprint density at radius 1 is 1.26 bits per heavy atom. The second-order valence-electron chi connectivity index (χ2n) is 6.61. The summed E-state index contributed by atoms with van der Waals surface area (Å²) in [7, 11) is 2.17. The lowest BCUT2D eigenvalue weighted by atomic mass is 9.96. The third-order valence-electron chi connectivity index (χ3n) is 4.80. The van der Waals surface area contributed by atoms with Crippen LogP contribution in [0, 0.1) is 5.92 Å². The number of likely N-dealkylation sites (N-methyl/N-ethyl adjacent to an activating group) is 1.